The molecule has 0 atom stereocenters. The topological polar surface area (TPSA) is 103 Å². The number of fused-ring (bicyclic) bond motifs is 2. The van der Waals surface area contributed by atoms with Crippen molar-refractivity contribution in [1.82, 2.24) is 4.90 Å². The average Bonchev–Trinajstić information content (AvgIpc) is 3.06. The molecule has 0 saturated heterocycles. The van der Waals surface area contributed by atoms with E-state index in [1.54, 1.807) is 24.3 Å². The number of ether oxygens (including phenoxy) is 2. The highest BCUT2D eigenvalue weighted by Gasteiger charge is 2.36. The van der Waals surface area contributed by atoms with Gasteiger partial charge in [-0.1, -0.05) is 24.3 Å². The van der Waals surface area contributed by atoms with Gasteiger partial charge in [-0.3, -0.25) is 19.3 Å². The zero-order valence-electron chi connectivity index (χ0n) is 17.9. The number of benzene rings is 3. The zero-order valence-corrected chi connectivity index (χ0v) is 17.9. The summed E-state index contributed by atoms with van der Waals surface area (Å²) in [6, 6.07) is 17.9. The molecule has 1 aromatic heterocycles. The molecule has 8 nitrogen and oxygen atoms in total. The van der Waals surface area contributed by atoms with Crippen LogP contribution in [0, 0.1) is 6.92 Å². The number of nitrogens with zero attached hydrogens (tertiary/aromatic N) is 1. The summed E-state index contributed by atoms with van der Waals surface area (Å²) in [5.41, 5.74) is 1.28. The van der Waals surface area contributed by atoms with Gasteiger partial charge in [0, 0.05) is 6.07 Å². The number of hydrogen-bond acceptors (Lipinski definition) is 7. The van der Waals surface area contributed by atoms with E-state index >= 15 is 0 Å². The van der Waals surface area contributed by atoms with E-state index in [9.17, 15) is 19.2 Å². The summed E-state index contributed by atoms with van der Waals surface area (Å²) in [5, 5.41) is 0.241. The third-order valence-corrected chi connectivity index (χ3v) is 5.33. The van der Waals surface area contributed by atoms with Crippen LogP contribution >= 0.6 is 0 Å². The van der Waals surface area contributed by atoms with Crippen LogP contribution < -0.4 is 14.9 Å². The smallest absolute Gasteiger partial charge is 0.331 e. The Morgan fingerprint density at radius 2 is 1.62 bits per heavy atom. The first kappa shape index (κ1) is 21.1. The molecule has 3 aromatic carbocycles. The Bertz CT molecular complexity index is 1500. The van der Waals surface area contributed by atoms with E-state index in [2.05, 4.69) is 0 Å². The highest BCUT2D eigenvalue weighted by Crippen LogP contribution is 2.25. The van der Waals surface area contributed by atoms with Gasteiger partial charge in [0.25, 0.3) is 11.8 Å². The van der Waals surface area contributed by atoms with Gasteiger partial charge in [0.2, 0.25) is 11.2 Å². The minimum absolute atomic E-state index is 0.0217. The number of aryl methyl sites for hydroxylation is 1. The maximum atomic E-state index is 12.8. The van der Waals surface area contributed by atoms with Gasteiger partial charge < -0.3 is 13.9 Å². The van der Waals surface area contributed by atoms with Crippen molar-refractivity contribution in [3.63, 3.8) is 0 Å². The quantitative estimate of drug-likeness (QED) is 0.254. The van der Waals surface area contributed by atoms with Crippen LogP contribution in [0.4, 0.5) is 0 Å². The number of carbonyl (C=O) groups is 3. The molecule has 0 aliphatic carbocycles. The van der Waals surface area contributed by atoms with Crippen molar-refractivity contribution in [2.45, 2.75) is 6.92 Å². The van der Waals surface area contributed by atoms with Crippen molar-refractivity contribution < 1.29 is 28.3 Å². The normalized spacial score (nSPS) is 12.7. The SMILES string of the molecule is Cc1cccc(Oc2coc3cc(OC(=O)CN4C(=O)c5ccccc5C4=O)ccc3c2=O)c1. The summed E-state index contributed by atoms with van der Waals surface area (Å²) >= 11 is 0. The monoisotopic (exact) mass is 455 g/mol. The standard InChI is InChI=1S/C26H17NO7/c1-15-5-4-6-16(11-15)33-22-14-32-21-12-17(9-10-20(21)24(22)29)34-23(28)13-27-25(30)18-7-2-3-8-19(18)26(27)31/h2-12,14H,13H2,1H3. The maximum absolute atomic E-state index is 12.8. The predicted octanol–water partition coefficient (Wildman–Crippen LogP) is 4.10. The molecular formula is C26H17NO7. The van der Waals surface area contributed by atoms with Crippen LogP contribution in [-0.2, 0) is 4.79 Å². The van der Waals surface area contributed by atoms with Crippen molar-refractivity contribution in [1.29, 1.82) is 0 Å². The molecule has 0 unspecified atom stereocenters. The molecule has 34 heavy (non-hydrogen) atoms. The second-order valence-electron chi connectivity index (χ2n) is 7.72. The van der Waals surface area contributed by atoms with Crippen molar-refractivity contribution in [2.75, 3.05) is 6.54 Å². The first-order valence-electron chi connectivity index (χ1n) is 10.4. The van der Waals surface area contributed by atoms with Crippen LogP contribution in [-0.4, -0.2) is 29.2 Å². The summed E-state index contributed by atoms with van der Waals surface area (Å²) in [5.74, 6) is -1.29. The van der Waals surface area contributed by atoms with E-state index in [0.717, 1.165) is 10.5 Å². The van der Waals surface area contributed by atoms with Crippen LogP contribution in [0.5, 0.6) is 17.2 Å². The van der Waals surface area contributed by atoms with Gasteiger partial charge in [0.05, 0.1) is 16.5 Å². The lowest BCUT2D eigenvalue weighted by molar-refractivity contribution is -0.134. The van der Waals surface area contributed by atoms with Gasteiger partial charge in [-0.25, -0.2) is 4.79 Å². The average molecular weight is 455 g/mol. The Kier molecular flexibility index (Phi) is 5.18. The molecule has 2 amide bonds. The lowest BCUT2D eigenvalue weighted by atomic mass is 10.1. The van der Waals surface area contributed by atoms with Crippen LogP contribution in [0.2, 0.25) is 0 Å². The predicted molar refractivity (Wildman–Crippen MR) is 121 cm³/mol. The zero-order chi connectivity index (χ0) is 23.8. The van der Waals surface area contributed by atoms with Crippen LogP contribution in [0.15, 0.2) is 82.2 Å². The number of amides is 2. The molecular weight excluding hydrogens is 438 g/mol. The van der Waals surface area contributed by atoms with Crippen molar-refractivity contribution in [2.24, 2.45) is 0 Å². The van der Waals surface area contributed by atoms with E-state index in [0.29, 0.717) is 5.75 Å². The summed E-state index contributed by atoms with van der Waals surface area (Å²) in [4.78, 5) is 50.9. The molecule has 1 aliphatic rings. The first-order chi connectivity index (χ1) is 16.4. The molecule has 0 spiro atoms. The Morgan fingerprint density at radius 3 is 2.32 bits per heavy atom. The van der Waals surface area contributed by atoms with Gasteiger partial charge in [-0.05, 0) is 48.9 Å². The van der Waals surface area contributed by atoms with E-state index in [1.165, 1.54) is 36.6 Å². The summed E-state index contributed by atoms with van der Waals surface area (Å²) in [6.07, 6.45) is 1.19. The van der Waals surface area contributed by atoms with Crippen LogP contribution in [0.25, 0.3) is 11.0 Å². The Labute approximate surface area is 192 Å². The van der Waals surface area contributed by atoms with Gasteiger partial charge >= 0.3 is 5.97 Å². The highest BCUT2D eigenvalue weighted by molar-refractivity contribution is 6.22. The Morgan fingerprint density at radius 1 is 0.882 bits per heavy atom. The lowest BCUT2D eigenvalue weighted by Crippen LogP contribution is -2.36. The molecule has 0 bridgehead atoms. The molecule has 0 N–H and O–H groups in total. The Hall–Kier alpha value is -4.72. The minimum Gasteiger partial charge on any atom is -0.460 e. The van der Waals surface area contributed by atoms with E-state index in [1.807, 2.05) is 19.1 Å². The highest BCUT2D eigenvalue weighted by atomic mass is 16.5. The second-order valence-corrected chi connectivity index (χ2v) is 7.72. The van der Waals surface area contributed by atoms with E-state index in [4.69, 9.17) is 13.9 Å². The van der Waals surface area contributed by atoms with Gasteiger partial charge in [0.15, 0.2) is 0 Å². The van der Waals surface area contributed by atoms with E-state index < -0.39 is 24.3 Å². The molecule has 1 aliphatic heterocycles. The number of imide groups is 1. The van der Waals surface area contributed by atoms with Gasteiger partial charge in [-0.15, -0.1) is 0 Å². The number of rotatable bonds is 5. The third-order valence-electron chi connectivity index (χ3n) is 5.33. The van der Waals surface area contributed by atoms with Crippen molar-refractivity contribution >= 4 is 28.8 Å². The molecule has 0 fully saturated rings. The Balaban J connectivity index is 1.32. The van der Waals surface area contributed by atoms with E-state index in [-0.39, 0.29) is 39.0 Å². The third kappa shape index (κ3) is 3.81. The molecule has 0 saturated carbocycles. The first-order valence-corrected chi connectivity index (χ1v) is 10.4. The van der Waals surface area contributed by atoms with Crippen LogP contribution in [0.3, 0.4) is 0 Å². The summed E-state index contributed by atoms with van der Waals surface area (Å²) in [6.45, 7) is 1.37. The van der Waals surface area contributed by atoms with Crippen molar-refractivity contribution in [3.8, 4) is 17.2 Å². The number of carbonyl (C=O) groups excluding carboxylic acids is 3. The molecule has 168 valence electrons. The summed E-state index contributed by atoms with van der Waals surface area (Å²) < 4.78 is 16.5. The molecule has 0 radical (unpaired) electrons. The largest absolute Gasteiger partial charge is 0.460 e. The summed E-state index contributed by atoms with van der Waals surface area (Å²) in [7, 11) is 0. The fraction of sp³-hybridized carbons (Fsp3) is 0.0769. The molecule has 2 heterocycles. The lowest BCUT2D eigenvalue weighted by Gasteiger charge is -2.13. The molecule has 5 rings (SSSR count). The van der Waals surface area contributed by atoms with Crippen LogP contribution in [0.1, 0.15) is 26.3 Å². The number of hydrogen-bond donors (Lipinski definition) is 0. The maximum Gasteiger partial charge on any atom is 0.331 e. The molecule has 8 heteroatoms. The fourth-order valence-electron chi connectivity index (χ4n) is 3.71. The fourth-order valence-corrected chi connectivity index (χ4v) is 3.71. The minimum atomic E-state index is -0.810. The number of esters is 1. The molecule has 4 aromatic rings. The van der Waals surface area contributed by atoms with Crippen molar-refractivity contribution in [3.05, 3.63) is 99.9 Å². The van der Waals surface area contributed by atoms with Gasteiger partial charge in [-0.2, -0.15) is 0 Å². The second kappa shape index (κ2) is 8.32. The van der Waals surface area contributed by atoms with Gasteiger partial charge in [0.1, 0.15) is 29.9 Å².